The van der Waals surface area contributed by atoms with Crippen molar-refractivity contribution in [2.75, 3.05) is 13.2 Å². The Balaban J connectivity index is 1.80. The van der Waals surface area contributed by atoms with E-state index in [0.717, 1.165) is 0 Å². The smallest absolute Gasteiger partial charge is 0.211 e. The maximum Gasteiger partial charge on any atom is 0.211 e. The van der Waals surface area contributed by atoms with Gasteiger partial charge in [-0.05, 0) is 18.2 Å². The average Bonchev–Trinajstić information content (AvgIpc) is 2.83. The number of ketones is 1. The largest absolute Gasteiger partial charge is 0.486 e. The fourth-order valence-corrected chi connectivity index (χ4v) is 2.21. The van der Waals surface area contributed by atoms with E-state index in [1.165, 1.54) is 11.0 Å². The van der Waals surface area contributed by atoms with Crippen LogP contribution in [0.4, 0.5) is 0 Å². The zero-order valence-electron chi connectivity index (χ0n) is 9.88. The quantitative estimate of drug-likeness (QED) is 0.605. The lowest BCUT2D eigenvalue weighted by atomic mass is 10.1. The zero-order chi connectivity index (χ0) is 13.2. The van der Waals surface area contributed by atoms with Gasteiger partial charge in [0.2, 0.25) is 3.83 Å². The summed E-state index contributed by atoms with van der Waals surface area (Å²) in [5.41, 5.74) is 0.578. The highest BCUT2D eigenvalue weighted by atomic mass is 127. The van der Waals surface area contributed by atoms with Gasteiger partial charge in [0.15, 0.2) is 17.3 Å². The molecular formula is C12H10IN3O3. The molecule has 0 radical (unpaired) electrons. The molecule has 0 atom stereocenters. The summed E-state index contributed by atoms with van der Waals surface area (Å²) in [4.78, 5) is 16.1. The minimum Gasteiger partial charge on any atom is -0.486 e. The van der Waals surface area contributed by atoms with Crippen LogP contribution >= 0.6 is 22.6 Å². The first kappa shape index (κ1) is 12.4. The molecule has 19 heavy (non-hydrogen) atoms. The Kier molecular flexibility index (Phi) is 3.36. The van der Waals surface area contributed by atoms with Crippen LogP contribution in [-0.4, -0.2) is 33.8 Å². The Morgan fingerprint density at radius 3 is 2.84 bits per heavy atom. The van der Waals surface area contributed by atoms with Gasteiger partial charge in [0.05, 0.1) is 0 Å². The van der Waals surface area contributed by atoms with Crippen molar-refractivity contribution < 1.29 is 14.3 Å². The number of rotatable bonds is 3. The van der Waals surface area contributed by atoms with E-state index in [4.69, 9.17) is 9.47 Å². The third-order valence-electron chi connectivity index (χ3n) is 2.68. The maximum absolute atomic E-state index is 12.1. The molecule has 0 unspecified atom stereocenters. The number of carbonyl (C=O) groups is 1. The fraction of sp³-hybridized carbons (Fsp3) is 0.250. The summed E-state index contributed by atoms with van der Waals surface area (Å²) < 4.78 is 13.0. The van der Waals surface area contributed by atoms with Crippen molar-refractivity contribution in [3.05, 3.63) is 33.9 Å². The van der Waals surface area contributed by atoms with Crippen LogP contribution < -0.4 is 9.47 Å². The minimum atomic E-state index is -0.0433. The molecule has 0 bridgehead atoms. The number of Topliss-reactive ketones (excluding diaryl/α,β-unsaturated/α-hetero) is 1. The monoisotopic (exact) mass is 371 g/mol. The molecule has 0 spiro atoms. The van der Waals surface area contributed by atoms with E-state index >= 15 is 0 Å². The number of benzene rings is 1. The second-order valence-electron chi connectivity index (χ2n) is 3.99. The topological polar surface area (TPSA) is 66.2 Å². The molecule has 0 aliphatic carbocycles. The Labute approximate surface area is 122 Å². The van der Waals surface area contributed by atoms with Gasteiger partial charge in [-0.25, -0.2) is 9.67 Å². The minimum absolute atomic E-state index is 0.0433. The van der Waals surface area contributed by atoms with Crippen LogP contribution in [0.5, 0.6) is 11.5 Å². The van der Waals surface area contributed by atoms with Crippen molar-refractivity contribution in [3.63, 3.8) is 0 Å². The normalized spacial score (nSPS) is 13.3. The summed E-state index contributed by atoms with van der Waals surface area (Å²) >= 11 is 2.00. The van der Waals surface area contributed by atoms with Gasteiger partial charge in [-0.2, -0.15) is 0 Å². The van der Waals surface area contributed by atoms with Crippen LogP contribution in [0.25, 0.3) is 0 Å². The van der Waals surface area contributed by atoms with Crippen LogP contribution in [0.3, 0.4) is 0 Å². The van der Waals surface area contributed by atoms with Gasteiger partial charge in [0.1, 0.15) is 26.1 Å². The van der Waals surface area contributed by atoms with Crippen molar-refractivity contribution in [2.45, 2.75) is 6.54 Å². The summed E-state index contributed by atoms with van der Waals surface area (Å²) in [5.74, 6) is 1.25. The molecule has 3 rings (SSSR count). The zero-order valence-corrected chi connectivity index (χ0v) is 12.0. The lowest BCUT2D eigenvalue weighted by Crippen LogP contribution is -2.16. The first-order chi connectivity index (χ1) is 9.22. The van der Waals surface area contributed by atoms with Gasteiger partial charge >= 0.3 is 0 Å². The molecule has 1 aromatic carbocycles. The van der Waals surface area contributed by atoms with Gasteiger partial charge in [0, 0.05) is 28.2 Å². The molecular weight excluding hydrogens is 361 g/mol. The van der Waals surface area contributed by atoms with Crippen LogP contribution in [0.15, 0.2) is 24.5 Å². The molecule has 0 N–H and O–H groups in total. The van der Waals surface area contributed by atoms with Crippen molar-refractivity contribution in [1.82, 2.24) is 14.8 Å². The molecule has 6 nitrogen and oxygen atoms in total. The fourth-order valence-electron chi connectivity index (χ4n) is 1.80. The Morgan fingerprint density at radius 1 is 1.32 bits per heavy atom. The first-order valence-corrected chi connectivity index (χ1v) is 6.78. The van der Waals surface area contributed by atoms with Gasteiger partial charge in [-0.1, -0.05) is 0 Å². The first-order valence-electron chi connectivity index (χ1n) is 5.70. The van der Waals surface area contributed by atoms with E-state index < -0.39 is 0 Å². The highest BCUT2D eigenvalue weighted by molar-refractivity contribution is 14.1. The van der Waals surface area contributed by atoms with Crippen LogP contribution in [-0.2, 0) is 6.54 Å². The van der Waals surface area contributed by atoms with Crippen LogP contribution in [0, 0.1) is 3.83 Å². The number of halogens is 1. The van der Waals surface area contributed by atoms with Crippen molar-refractivity contribution in [2.24, 2.45) is 0 Å². The molecule has 0 fully saturated rings. The number of fused-ring (bicyclic) bond motifs is 1. The Hall–Kier alpha value is -1.64. The predicted octanol–water partition coefficient (Wildman–Crippen LogP) is 1.54. The summed E-state index contributed by atoms with van der Waals surface area (Å²) in [5, 5.41) is 4.08. The molecule has 98 valence electrons. The van der Waals surface area contributed by atoms with E-state index in [9.17, 15) is 4.79 Å². The van der Waals surface area contributed by atoms with Crippen LogP contribution in [0.1, 0.15) is 10.4 Å². The Morgan fingerprint density at radius 2 is 2.11 bits per heavy atom. The average molecular weight is 371 g/mol. The lowest BCUT2D eigenvalue weighted by Gasteiger charge is -2.18. The van der Waals surface area contributed by atoms with Crippen molar-refractivity contribution in [1.29, 1.82) is 0 Å². The third kappa shape index (κ3) is 2.70. The summed E-state index contributed by atoms with van der Waals surface area (Å²) in [6.45, 7) is 1.21. The van der Waals surface area contributed by atoms with E-state index in [1.807, 2.05) is 22.6 Å². The summed E-state index contributed by atoms with van der Waals surface area (Å²) in [7, 11) is 0. The van der Waals surface area contributed by atoms with Crippen molar-refractivity contribution >= 4 is 28.4 Å². The second-order valence-corrected chi connectivity index (χ2v) is 4.96. The van der Waals surface area contributed by atoms with Gasteiger partial charge in [-0.15, -0.1) is 5.10 Å². The molecule has 1 aromatic heterocycles. The number of nitrogens with zero attached hydrogens (tertiary/aromatic N) is 3. The number of carbonyl (C=O) groups excluding carboxylic acids is 1. The van der Waals surface area contributed by atoms with Gasteiger partial charge < -0.3 is 9.47 Å². The molecule has 7 heteroatoms. The second kappa shape index (κ2) is 5.16. The SMILES string of the molecule is O=C(Cn1cnc(I)n1)c1ccc2c(c1)OCCO2. The highest BCUT2D eigenvalue weighted by Gasteiger charge is 2.15. The van der Waals surface area contributed by atoms with E-state index in [1.54, 1.807) is 18.2 Å². The number of hydrogen-bond donors (Lipinski definition) is 0. The van der Waals surface area contributed by atoms with Gasteiger partial charge in [-0.3, -0.25) is 4.79 Å². The summed E-state index contributed by atoms with van der Waals surface area (Å²) in [6, 6.07) is 5.20. The van der Waals surface area contributed by atoms with E-state index in [0.29, 0.717) is 34.1 Å². The number of ether oxygens (including phenoxy) is 2. The maximum atomic E-state index is 12.1. The lowest BCUT2D eigenvalue weighted by molar-refractivity contribution is 0.0966. The van der Waals surface area contributed by atoms with Gasteiger partial charge in [0.25, 0.3) is 0 Å². The molecule has 0 saturated carbocycles. The molecule has 1 aliphatic rings. The molecule has 2 heterocycles. The van der Waals surface area contributed by atoms with Crippen molar-refractivity contribution in [3.8, 4) is 11.5 Å². The van der Waals surface area contributed by atoms with E-state index in [-0.39, 0.29) is 12.3 Å². The molecule has 2 aromatic rings. The Bertz CT molecular complexity index is 626. The van der Waals surface area contributed by atoms with E-state index in [2.05, 4.69) is 10.1 Å². The standard InChI is InChI=1S/C12H10IN3O3/c13-12-14-7-16(15-12)6-9(17)8-1-2-10-11(5-8)19-4-3-18-10/h1-2,5,7H,3-4,6H2. The highest BCUT2D eigenvalue weighted by Crippen LogP contribution is 2.30. The predicted molar refractivity (Wildman–Crippen MR) is 74.5 cm³/mol. The third-order valence-corrected chi connectivity index (χ3v) is 3.17. The molecule has 1 aliphatic heterocycles. The van der Waals surface area contributed by atoms with Crippen LogP contribution in [0.2, 0.25) is 0 Å². The number of aromatic nitrogens is 3. The molecule has 0 saturated heterocycles. The summed E-state index contributed by atoms with van der Waals surface area (Å²) in [6.07, 6.45) is 1.54. The number of hydrogen-bond acceptors (Lipinski definition) is 5. The molecule has 0 amide bonds.